The van der Waals surface area contributed by atoms with Gasteiger partial charge in [0.15, 0.2) is 0 Å². The number of nitrogens with one attached hydrogen (secondary N) is 2. The molecule has 1 aromatic carbocycles. The van der Waals surface area contributed by atoms with Gasteiger partial charge in [0.2, 0.25) is 5.91 Å². The summed E-state index contributed by atoms with van der Waals surface area (Å²) in [6, 6.07) is 12.0. The molecule has 0 saturated carbocycles. The average Bonchev–Trinajstić information content (AvgIpc) is 3.03. The number of anilines is 1. The van der Waals surface area contributed by atoms with Crippen LogP contribution in [0.5, 0.6) is 0 Å². The van der Waals surface area contributed by atoms with Gasteiger partial charge in [0.1, 0.15) is 12.1 Å². The van der Waals surface area contributed by atoms with E-state index in [1.54, 1.807) is 11.3 Å². The molecular weight excluding hydrogens is 296 g/mol. The van der Waals surface area contributed by atoms with Crippen LogP contribution in [0.15, 0.2) is 48.1 Å². The van der Waals surface area contributed by atoms with Gasteiger partial charge in [0.05, 0.1) is 16.8 Å². The summed E-state index contributed by atoms with van der Waals surface area (Å²) >= 11 is 1.56. The number of fused-ring (bicyclic) bond motifs is 1. The second kappa shape index (κ2) is 7.00. The van der Waals surface area contributed by atoms with Crippen molar-refractivity contribution < 1.29 is 4.79 Å². The number of thiophene rings is 1. The first-order valence-electron chi connectivity index (χ1n) is 7.05. The molecule has 0 fully saturated rings. The number of benzene rings is 1. The van der Waals surface area contributed by atoms with Crippen LogP contribution in [-0.4, -0.2) is 29.0 Å². The normalized spacial score (nSPS) is 10.5. The van der Waals surface area contributed by atoms with Crippen molar-refractivity contribution in [1.29, 1.82) is 0 Å². The second-order valence-corrected chi connectivity index (χ2v) is 5.71. The molecule has 2 aromatic heterocycles. The van der Waals surface area contributed by atoms with Crippen LogP contribution in [0.25, 0.3) is 10.2 Å². The van der Waals surface area contributed by atoms with Crippen molar-refractivity contribution in [2.45, 2.75) is 6.42 Å². The first kappa shape index (κ1) is 14.5. The fraction of sp³-hybridized carbons (Fsp3) is 0.188. The number of amides is 1. The summed E-state index contributed by atoms with van der Waals surface area (Å²) in [5.41, 5.74) is 2.11. The number of rotatable bonds is 6. The van der Waals surface area contributed by atoms with Crippen LogP contribution in [0.1, 0.15) is 5.56 Å². The molecule has 1 amide bonds. The molecule has 0 atom stereocenters. The molecule has 112 valence electrons. The molecule has 0 aliphatic carbocycles. The average molecular weight is 312 g/mol. The number of nitrogens with zero attached hydrogens (tertiary/aromatic N) is 2. The van der Waals surface area contributed by atoms with Gasteiger partial charge in [-0.05, 0) is 23.4 Å². The van der Waals surface area contributed by atoms with Gasteiger partial charge in [-0.25, -0.2) is 9.97 Å². The Balaban J connectivity index is 1.47. The summed E-state index contributed by atoms with van der Waals surface area (Å²) in [6.45, 7) is 0.835. The van der Waals surface area contributed by atoms with Crippen LogP contribution in [-0.2, 0) is 11.2 Å². The summed E-state index contributed by atoms with van der Waals surface area (Å²) in [6.07, 6.45) is 2.33. The summed E-state index contributed by atoms with van der Waals surface area (Å²) in [7, 11) is 0. The maximum absolute atomic E-state index is 11.9. The number of aromatic nitrogens is 2. The third kappa shape index (κ3) is 3.59. The first-order chi connectivity index (χ1) is 10.8. The largest absolute Gasteiger partial charge is 0.360 e. The van der Waals surface area contributed by atoms with Gasteiger partial charge in [0, 0.05) is 6.54 Å². The predicted molar refractivity (Wildman–Crippen MR) is 89.1 cm³/mol. The van der Waals surface area contributed by atoms with Crippen molar-refractivity contribution in [3.8, 4) is 0 Å². The molecule has 0 saturated heterocycles. The van der Waals surface area contributed by atoms with Crippen molar-refractivity contribution in [2.75, 3.05) is 18.4 Å². The number of carbonyl (C=O) groups is 1. The van der Waals surface area contributed by atoms with Crippen LogP contribution in [0.2, 0.25) is 0 Å². The van der Waals surface area contributed by atoms with Crippen molar-refractivity contribution in [2.24, 2.45) is 0 Å². The molecule has 0 unspecified atom stereocenters. The first-order valence-corrected chi connectivity index (χ1v) is 7.93. The van der Waals surface area contributed by atoms with Gasteiger partial charge in [-0.2, -0.15) is 0 Å². The Morgan fingerprint density at radius 3 is 2.86 bits per heavy atom. The van der Waals surface area contributed by atoms with E-state index >= 15 is 0 Å². The van der Waals surface area contributed by atoms with Crippen molar-refractivity contribution in [3.05, 3.63) is 53.7 Å². The van der Waals surface area contributed by atoms with Gasteiger partial charge in [-0.15, -0.1) is 11.3 Å². The molecule has 3 rings (SSSR count). The van der Waals surface area contributed by atoms with E-state index in [4.69, 9.17) is 0 Å². The third-order valence-corrected chi connectivity index (χ3v) is 4.15. The Hall–Kier alpha value is -2.47. The Kier molecular flexibility index (Phi) is 4.60. The predicted octanol–water partition coefficient (Wildman–Crippen LogP) is 2.46. The van der Waals surface area contributed by atoms with Crippen molar-refractivity contribution >= 4 is 33.3 Å². The van der Waals surface area contributed by atoms with Crippen LogP contribution in [0.3, 0.4) is 0 Å². The maximum Gasteiger partial charge on any atom is 0.239 e. The minimum Gasteiger partial charge on any atom is -0.360 e. The Bertz CT molecular complexity index is 757. The van der Waals surface area contributed by atoms with Gasteiger partial charge in [-0.1, -0.05) is 30.3 Å². The smallest absolute Gasteiger partial charge is 0.239 e. The SMILES string of the molecule is O=C(CNc1ncnc2ccsc12)NCCc1ccccc1. The zero-order chi connectivity index (χ0) is 15.2. The van der Waals surface area contributed by atoms with E-state index in [0.717, 1.165) is 16.6 Å². The van der Waals surface area contributed by atoms with E-state index in [0.29, 0.717) is 12.4 Å². The molecule has 3 aromatic rings. The standard InChI is InChI=1S/C16H16N4OS/c21-14(17-8-6-12-4-2-1-3-5-12)10-18-16-15-13(7-9-22-15)19-11-20-16/h1-5,7,9,11H,6,8,10H2,(H,17,21)(H,18,19,20). The van der Waals surface area contributed by atoms with E-state index in [2.05, 4.69) is 32.7 Å². The molecule has 22 heavy (non-hydrogen) atoms. The minimum absolute atomic E-state index is 0.0424. The quantitative estimate of drug-likeness (QED) is 0.734. The highest BCUT2D eigenvalue weighted by molar-refractivity contribution is 7.17. The lowest BCUT2D eigenvalue weighted by Crippen LogP contribution is -2.31. The fourth-order valence-corrected chi connectivity index (χ4v) is 2.94. The molecule has 0 spiro atoms. The van der Waals surface area contributed by atoms with E-state index in [1.807, 2.05) is 29.6 Å². The van der Waals surface area contributed by atoms with E-state index in [1.165, 1.54) is 11.9 Å². The van der Waals surface area contributed by atoms with Crippen LogP contribution in [0.4, 0.5) is 5.82 Å². The van der Waals surface area contributed by atoms with Crippen LogP contribution < -0.4 is 10.6 Å². The second-order valence-electron chi connectivity index (χ2n) is 4.80. The topological polar surface area (TPSA) is 66.9 Å². The van der Waals surface area contributed by atoms with Crippen LogP contribution >= 0.6 is 11.3 Å². The summed E-state index contributed by atoms with van der Waals surface area (Å²) < 4.78 is 0.972. The molecular formula is C16H16N4OS. The molecule has 0 bridgehead atoms. The maximum atomic E-state index is 11.9. The fourth-order valence-electron chi connectivity index (χ4n) is 2.13. The lowest BCUT2D eigenvalue weighted by molar-refractivity contribution is -0.119. The third-order valence-electron chi connectivity index (χ3n) is 3.24. The Morgan fingerprint density at radius 1 is 1.14 bits per heavy atom. The summed E-state index contributed by atoms with van der Waals surface area (Å²) in [5.74, 6) is 0.664. The molecule has 2 N–H and O–H groups in total. The highest BCUT2D eigenvalue weighted by Crippen LogP contribution is 2.24. The lowest BCUT2D eigenvalue weighted by atomic mass is 10.1. The number of hydrogen-bond donors (Lipinski definition) is 2. The van der Waals surface area contributed by atoms with Gasteiger partial charge in [0.25, 0.3) is 0 Å². The minimum atomic E-state index is -0.0424. The molecule has 0 aliphatic heterocycles. The molecule has 2 heterocycles. The Labute approximate surface area is 132 Å². The van der Waals surface area contributed by atoms with E-state index < -0.39 is 0 Å². The molecule has 0 radical (unpaired) electrons. The lowest BCUT2D eigenvalue weighted by Gasteiger charge is -2.07. The number of carbonyl (C=O) groups excluding carboxylic acids is 1. The van der Waals surface area contributed by atoms with Crippen molar-refractivity contribution in [1.82, 2.24) is 15.3 Å². The highest BCUT2D eigenvalue weighted by Gasteiger charge is 2.06. The zero-order valence-corrected chi connectivity index (χ0v) is 12.8. The number of hydrogen-bond acceptors (Lipinski definition) is 5. The van der Waals surface area contributed by atoms with Gasteiger partial charge in [-0.3, -0.25) is 4.79 Å². The summed E-state index contributed by atoms with van der Waals surface area (Å²) in [4.78, 5) is 20.2. The molecule has 0 aliphatic rings. The van der Waals surface area contributed by atoms with Gasteiger partial charge >= 0.3 is 0 Å². The van der Waals surface area contributed by atoms with Crippen LogP contribution in [0, 0.1) is 0 Å². The zero-order valence-electron chi connectivity index (χ0n) is 12.0. The van der Waals surface area contributed by atoms with E-state index in [-0.39, 0.29) is 12.5 Å². The highest BCUT2D eigenvalue weighted by atomic mass is 32.1. The molecule has 5 nitrogen and oxygen atoms in total. The van der Waals surface area contributed by atoms with Crippen molar-refractivity contribution in [3.63, 3.8) is 0 Å². The molecule has 6 heteroatoms. The Morgan fingerprint density at radius 2 is 2.00 bits per heavy atom. The van der Waals surface area contributed by atoms with Gasteiger partial charge < -0.3 is 10.6 Å². The monoisotopic (exact) mass is 312 g/mol. The summed E-state index contributed by atoms with van der Waals surface area (Å²) in [5, 5.41) is 7.93. The van der Waals surface area contributed by atoms with E-state index in [9.17, 15) is 4.79 Å².